The summed E-state index contributed by atoms with van der Waals surface area (Å²) in [5.41, 5.74) is 0.755. The zero-order chi connectivity index (χ0) is 14.5. The van der Waals surface area contributed by atoms with Crippen LogP contribution < -0.4 is 10.2 Å². The Hall–Kier alpha value is -1.55. The minimum absolute atomic E-state index is 0.0162. The maximum absolute atomic E-state index is 12.2. The summed E-state index contributed by atoms with van der Waals surface area (Å²) in [5.74, 6) is 0.237. The van der Waals surface area contributed by atoms with Crippen LogP contribution in [0.2, 0.25) is 0 Å². The fourth-order valence-electron chi connectivity index (χ4n) is 1.84. The Balaban J connectivity index is 2.62. The van der Waals surface area contributed by atoms with E-state index < -0.39 is 0 Å². The Morgan fingerprint density at radius 1 is 1.37 bits per heavy atom. The van der Waals surface area contributed by atoms with E-state index in [2.05, 4.69) is 26.1 Å². The molecule has 106 valence electrons. The predicted molar refractivity (Wildman–Crippen MR) is 78.5 cm³/mol. The molecule has 2 N–H and O–H groups in total. The average Bonchev–Trinajstić information content (AvgIpc) is 2.28. The van der Waals surface area contributed by atoms with Gasteiger partial charge in [-0.2, -0.15) is 0 Å². The largest absolute Gasteiger partial charge is 0.508 e. The van der Waals surface area contributed by atoms with Gasteiger partial charge in [0, 0.05) is 36.8 Å². The summed E-state index contributed by atoms with van der Waals surface area (Å²) in [6.07, 6.45) is 0.445. The number of hydrogen-bond donors (Lipinski definition) is 2. The highest BCUT2D eigenvalue weighted by molar-refractivity contribution is 5.93. The van der Waals surface area contributed by atoms with Gasteiger partial charge in [0.1, 0.15) is 5.75 Å². The minimum Gasteiger partial charge on any atom is -0.508 e. The number of benzene rings is 1. The van der Waals surface area contributed by atoms with Gasteiger partial charge in [-0.1, -0.05) is 6.07 Å². The first-order valence-corrected chi connectivity index (χ1v) is 6.68. The van der Waals surface area contributed by atoms with Crippen LogP contribution in [0.25, 0.3) is 0 Å². The molecule has 0 spiro atoms. The van der Waals surface area contributed by atoms with Crippen molar-refractivity contribution in [2.24, 2.45) is 0 Å². The number of anilines is 1. The van der Waals surface area contributed by atoms with Crippen LogP contribution in [0.1, 0.15) is 34.1 Å². The lowest BCUT2D eigenvalue weighted by Crippen LogP contribution is -2.39. The number of carbonyl (C=O) groups excluding carboxylic acids is 1. The van der Waals surface area contributed by atoms with Gasteiger partial charge in [-0.3, -0.25) is 4.79 Å². The van der Waals surface area contributed by atoms with Gasteiger partial charge in [0.2, 0.25) is 5.91 Å². The second-order valence-electron chi connectivity index (χ2n) is 5.58. The zero-order valence-corrected chi connectivity index (χ0v) is 12.2. The van der Waals surface area contributed by atoms with Crippen LogP contribution in [0.15, 0.2) is 24.3 Å². The molecular weight excluding hydrogens is 240 g/mol. The standard InChI is InChI=1S/C15H24N2O2/c1-5-17(12-7-6-8-13(18)11-12)14(19)9-10-16-15(2,3)4/h6-8,11,16,18H,5,9-10H2,1-4H3. The Morgan fingerprint density at radius 3 is 2.58 bits per heavy atom. The van der Waals surface area contributed by atoms with Gasteiger partial charge in [0.15, 0.2) is 0 Å². The number of nitrogens with zero attached hydrogens (tertiary/aromatic N) is 1. The van der Waals surface area contributed by atoms with E-state index >= 15 is 0 Å². The van der Waals surface area contributed by atoms with Gasteiger partial charge in [-0.15, -0.1) is 0 Å². The summed E-state index contributed by atoms with van der Waals surface area (Å²) in [4.78, 5) is 13.9. The van der Waals surface area contributed by atoms with E-state index in [-0.39, 0.29) is 17.2 Å². The first-order chi connectivity index (χ1) is 8.83. The topological polar surface area (TPSA) is 52.6 Å². The molecule has 0 fully saturated rings. The summed E-state index contributed by atoms with van der Waals surface area (Å²) in [7, 11) is 0. The van der Waals surface area contributed by atoms with E-state index in [0.717, 1.165) is 5.69 Å². The molecule has 0 aliphatic heterocycles. The van der Waals surface area contributed by atoms with Crippen molar-refractivity contribution in [2.45, 2.75) is 39.7 Å². The normalized spacial score (nSPS) is 11.4. The average molecular weight is 264 g/mol. The molecule has 19 heavy (non-hydrogen) atoms. The summed E-state index contributed by atoms with van der Waals surface area (Å²) in [6, 6.07) is 6.79. The van der Waals surface area contributed by atoms with Crippen molar-refractivity contribution >= 4 is 11.6 Å². The highest BCUT2D eigenvalue weighted by Crippen LogP contribution is 2.20. The van der Waals surface area contributed by atoms with Crippen LogP contribution in [-0.4, -0.2) is 29.6 Å². The molecule has 0 saturated carbocycles. The number of hydrogen-bond acceptors (Lipinski definition) is 3. The van der Waals surface area contributed by atoms with E-state index in [4.69, 9.17) is 0 Å². The third-order valence-electron chi connectivity index (χ3n) is 2.75. The molecule has 0 aliphatic carbocycles. The first kappa shape index (κ1) is 15.5. The Bertz CT molecular complexity index is 424. The fraction of sp³-hybridized carbons (Fsp3) is 0.533. The molecule has 1 aromatic carbocycles. The smallest absolute Gasteiger partial charge is 0.228 e. The van der Waals surface area contributed by atoms with Crippen molar-refractivity contribution < 1.29 is 9.90 Å². The van der Waals surface area contributed by atoms with Crippen LogP contribution in [0.4, 0.5) is 5.69 Å². The Kier molecular flexibility index (Phi) is 5.36. The molecule has 0 bridgehead atoms. The minimum atomic E-state index is 0.0162. The maximum Gasteiger partial charge on any atom is 0.228 e. The molecule has 1 aromatic rings. The van der Waals surface area contributed by atoms with Crippen molar-refractivity contribution in [2.75, 3.05) is 18.0 Å². The van der Waals surface area contributed by atoms with E-state index in [1.54, 1.807) is 23.1 Å². The van der Waals surface area contributed by atoms with Crippen LogP contribution in [-0.2, 0) is 4.79 Å². The molecule has 1 amide bonds. The highest BCUT2D eigenvalue weighted by Gasteiger charge is 2.15. The third-order valence-corrected chi connectivity index (χ3v) is 2.75. The second kappa shape index (κ2) is 6.57. The van der Waals surface area contributed by atoms with Crippen molar-refractivity contribution in [3.63, 3.8) is 0 Å². The number of aromatic hydroxyl groups is 1. The molecule has 0 atom stereocenters. The summed E-state index contributed by atoms with van der Waals surface area (Å²) in [6.45, 7) is 9.40. The summed E-state index contributed by atoms with van der Waals surface area (Å²) >= 11 is 0. The molecule has 0 heterocycles. The molecule has 1 rings (SSSR count). The fourth-order valence-corrected chi connectivity index (χ4v) is 1.84. The molecule has 0 aromatic heterocycles. The van der Waals surface area contributed by atoms with Gasteiger partial charge < -0.3 is 15.3 Å². The highest BCUT2D eigenvalue weighted by atomic mass is 16.3. The van der Waals surface area contributed by atoms with Crippen molar-refractivity contribution in [3.8, 4) is 5.75 Å². The molecule has 0 saturated heterocycles. The van der Waals surface area contributed by atoms with Crippen molar-refractivity contribution in [1.82, 2.24) is 5.32 Å². The van der Waals surface area contributed by atoms with Crippen LogP contribution in [0.3, 0.4) is 0 Å². The summed E-state index contributed by atoms with van der Waals surface area (Å²) in [5, 5.41) is 12.8. The van der Waals surface area contributed by atoms with Gasteiger partial charge in [0.25, 0.3) is 0 Å². The van der Waals surface area contributed by atoms with Crippen molar-refractivity contribution in [3.05, 3.63) is 24.3 Å². The monoisotopic (exact) mass is 264 g/mol. The second-order valence-corrected chi connectivity index (χ2v) is 5.58. The Labute approximate surface area is 115 Å². The number of amides is 1. The lowest BCUT2D eigenvalue weighted by Gasteiger charge is -2.24. The number of phenols is 1. The SMILES string of the molecule is CCN(C(=O)CCNC(C)(C)C)c1cccc(O)c1. The van der Waals surface area contributed by atoms with Crippen LogP contribution in [0, 0.1) is 0 Å². The maximum atomic E-state index is 12.2. The quantitative estimate of drug-likeness (QED) is 0.859. The van der Waals surface area contributed by atoms with Gasteiger partial charge in [-0.25, -0.2) is 0 Å². The number of rotatable bonds is 5. The molecule has 0 radical (unpaired) electrons. The van der Waals surface area contributed by atoms with E-state index in [1.165, 1.54) is 0 Å². The van der Waals surface area contributed by atoms with Crippen LogP contribution >= 0.6 is 0 Å². The Morgan fingerprint density at radius 2 is 2.05 bits per heavy atom. The number of carbonyl (C=O) groups is 1. The lowest BCUT2D eigenvalue weighted by molar-refractivity contribution is -0.118. The third kappa shape index (κ3) is 5.30. The van der Waals surface area contributed by atoms with Crippen LogP contribution in [0.5, 0.6) is 5.75 Å². The molecule has 0 unspecified atom stereocenters. The number of phenolic OH excluding ortho intramolecular Hbond substituents is 1. The van der Waals surface area contributed by atoms with Gasteiger partial charge in [-0.05, 0) is 39.8 Å². The zero-order valence-electron chi connectivity index (χ0n) is 12.2. The van der Waals surface area contributed by atoms with E-state index in [0.29, 0.717) is 19.5 Å². The molecule has 4 heteroatoms. The van der Waals surface area contributed by atoms with Crippen molar-refractivity contribution in [1.29, 1.82) is 0 Å². The summed E-state index contributed by atoms with van der Waals surface area (Å²) < 4.78 is 0. The predicted octanol–water partition coefficient (Wildman–Crippen LogP) is 2.52. The number of nitrogens with one attached hydrogen (secondary N) is 1. The molecule has 4 nitrogen and oxygen atoms in total. The van der Waals surface area contributed by atoms with E-state index in [1.807, 2.05) is 13.0 Å². The van der Waals surface area contributed by atoms with E-state index in [9.17, 15) is 9.90 Å². The lowest BCUT2D eigenvalue weighted by atomic mass is 10.1. The molecular formula is C15H24N2O2. The van der Waals surface area contributed by atoms with Gasteiger partial charge >= 0.3 is 0 Å². The molecule has 0 aliphatic rings. The van der Waals surface area contributed by atoms with Gasteiger partial charge in [0.05, 0.1) is 0 Å². The first-order valence-electron chi connectivity index (χ1n) is 6.68.